The fourth-order valence-electron chi connectivity index (χ4n) is 1.96. The smallest absolute Gasteiger partial charge is 0.188 e. The van der Waals surface area contributed by atoms with Gasteiger partial charge in [0, 0.05) is 12.2 Å². The molecule has 0 amide bonds. The van der Waals surface area contributed by atoms with Gasteiger partial charge in [-0.25, -0.2) is 0 Å². The largest absolute Gasteiger partial charge is 0.376 e. The zero-order valence-corrected chi connectivity index (χ0v) is 10.1. The van der Waals surface area contributed by atoms with Gasteiger partial charge >= 0.3 is 0 Å². The first-order valence-electron chi connectivity index (χ1n) is 6.05. The molecular formula is C14H18O3. The minimum atomic E-state index is 0.0340. The Morgan fingerprint density at radius 2 is 2.41 bits per heavy atom. The van der Waals surface area contributed by atoms with E-state index in [0.29, 0.717) is 6.61 Å². The second-order valence-corrected chi connectivity index (χ2v) is 4.44. The predicted octanol–water partition coefficient (Wildman–Crippen LogP) is 2.37. The molecule has 3 nitrogen and oxygen atoms in total. The van der Waals surface area contributed by atoms with E-state index in [1.54, 1.807) is 0 Å². The normalized spacial score (nSPS) is 19.5. The number of carbonyl (C=O) groups is 1. The number of carbonyl (C=O) groups excluding carboxylic acids is 1. The van der Waals surface area contributed by atoms with Crippen LogP contribution in [0.3, 0.4) is 0 Å². The molecule has 0 saturated carbocycles. The molecule has 1 aliphatic rings. The average molecular weight is 234 g/mol. The first-order chi connectivity index (χ1) is 8.25. The van der Waals surface area contributed by atoms with Crippen molar-refractivity contribution in [1.82, 2.24) is 0 Å². The summed E-state index contributed by atoms with van der Waals surface area (Å²) in [5.74, 6) is 0.0340. The lowest BCUT2D eigenvalue weighted by molar-refractivity contribution is 0.0190. The van der Waals surface area contributed by atoms with Crippen molar-refractivity contribution < 1.29 is 14.3 Å². The summed E-state index contributed by atoms with van der Waals surface area (Å²) in [4.78, 5) is 11.8. The van der Waals surface area contributed by atoms with Crippen molar-refractivity contribution in [1.29, 1.82) is 0 Å². The highest BCUT2D eigenvalue weighted by molar-refractivity contribution is 5.97. The number of rotatable bonds is 5. The maximum absolute atomic E-state index is 11.8. The molecule has 0 aliphatic carbocycles. The highest BCUT2D eigenvalue weighted by Gasteiger charge is 2.16. The minimum Gasteiger partial charge on any atom is -0.376 e. The van der Waals surface area contributed by atoms with Gasteiger partial charge in [0.25, 0.3) is 0 Å². The van der Waals surface area contributed by atoms with Gasteiger partial charge in [0.15, 0.2) is 5.78 Å². The molecule has 1 aromatic carbocycles. The van der Waals surface area contributed by atoms with Crippen LogP contribution in [0, 0.1) is 6.92 Å². The summed E-state index contributed by atoms with van der Waals surface area (Å²) in [7, 11) is 0. The van der Waals surface area contributed by atoms with Gasteiger partial charge in [-0.05, 0) is 25.8 Å². The van der Waals surface area contributed by atoms with Crippen LogP contribution >= 0.6 is 0 Å². The first-order valence-corrected chi connectivity index (χ1v) is 6.05. The minimum absolute atomic E-state index is 0.0340. The fraction of sp³-hybridized carbons (Fsp3) is 0.500. The van der Waals surface area contributed by atoms with Gasteiger partial charge in [0.2, 0.25) is 0 Å². The number of hydrogen-bond donors (Lipinski definition) is 0. The molecule has 0 N–H and O–H groups in total. The summed E-state index contributed by atoms with van der Waals surface area (Å²) in [5, 5.41) is 0. The summed E-state index contributed by atoms with van der Waals surface area (Å²) in [6.45, 7) is 3.46. The molecule has 0 spiro atoms. The molecule has 3 heteroatoms. The average Bonchev–Trinajstić information content (AvgIpc) is 2.82. The third kappa shape index (κ3) is 3.65. The molecule has 2 rings (SSSR count). The Hall–Kier alpha value is -1.19. The Morgan fingerprint density at radius 1 is 1.53 bits per heavy atom. The second kappa shape index (κ2) is 5.94. The highest BCUT2D eigenvalue weighted by Crippen LogP contribution is 2.12. The summed E-state index contributed by atoms with van der Waals surface area (Å²) >= 11 is 0. The zero-order valence-electron chi connectivity index (χ0n) is 10.1. The van der Waals surface area contributed by atoms with Crippen molar-refractivity contribution in [2.75, 3.05) is 19.8 Å². The monoisotopic (exact) mass is 234 g/mol. The molecule has 1 aliphatic heterocycles. The zero-order chi connectivity index (χ0) is 12.1. The molecule has 1 saturated heterocycles. The van der Waals surface area contributed by atoms with Crippen molar-refractivity contribution in [3.05, 3.63) is 35.4 Å². The van der Waals surface area contributed by atoms with Crippen molar-refractivity contribution >= 4 is 5.78 Å². The number of aryl methyl sites for hydroxylation is 1. The van der Waals surface area contributed by atoms with Crippen LogP contribution in [0.25, 0.3) is 0 Å². The number of hydrogen-bond acceptors (Lipinski definition) is 3. The lowest BCUT2D eigenvalue weighted by Crippen LogP contribution is -2.18. The third-order valence-corrected chi connectivity index (χ3v) is 2.90. The van der Waals surface area contributed by atoms with Crippen LogP contribution in [-0.2, 0) is 9.47 Å². The van der Waals surface area contributed by atoms with E-state index in [0.717, 1.165) is 30.6 Å². The van der Waals surface area contributed by atoms with Crippen LogP contribution in [0.15, 0.2) is 24.3 Å². The van der Waals surface area contributed by atoms with Gasteiger partial charge in [-0.1, -0.05) is 23.8 Å². The molecular weight excluding hydrogens is 216 g/mol. The van der Waals surface area contributed by atoms with Crippen molar-refractivity contribution in [2.24, 2.45) is 0 Å². The number of ketones is 1. The van der Waals surface area contributed by atoms with Crippen LogP contribution in [-0.4, -0.2) is 31.7 Å². The topological polar surface area (TPSA) is 35.5 Å². The SMILES string of the molecule is Cc1cccc(C(=O)COCC2CCCO2)c1. The molecule has 0 aromatic heterocycles. The van der Waals surface area contributed by atoms with E-state index in [1.165, 1.54) is 0 Å². The van der Waals surface area contributed by atoms with Gasteiger partial charge in [-0.15, -0.1) is 0 Å². The Labute approximate surface area is 102 Å². The van der Waals surface area contributed by atoms with Gasteiger partial charge in [-0.2, -0.15) is 0 Å². The fourth-order valence-corrected chi connectivity index (χ4v) is 1.96. The molecule has 17 heavy (non-hydrogen) atoms. The van der Waals surface area contributed by atoms with Gasteiger partial charge in [0.05, 0.1) is 12.7 Å². The third-order valence-electron chi connectivity index (χ3n) is 2.90. The molecule has 0 radical (unpaired) electrons. The van der Waals surface area contributed by atoms with Crippen LogP contribution in [0.5, 0.6) is 0 Å². The van der Waals surface area contributed by atoms with Gasteiger partial charge < -0.3 is 9.47 Å². The van der Waals surface area contributed by atoms with Crippen molar-refractivity contribution in [3.63, 3.8) is 0 Å². The van der Waals surface area contributed by atoms with E-state index in [4.69, 9.17) is 9.47 Å². The summed E-state index contributed by atoms with van der Waals surface area (Å²) in [6.07, 6.45) is 2.32. The Bertz CT molecular complexity index is 381. The lowest BCUT2D eigenvalue weighted by atomic mass is 10.1. The second-order valence-electron chi connectivity index (χ2n) is 4.44. The first kappa shape index (κ1) is 12.3. The molecule has 1 atom stereocenters. The van der Waals surface area contributed by atoms with E-state index < -0.39 is 0 Å². The van der Waals surface area contributed by atoms with E-state index in [-0.39, 0.29) is 18.5 Å². The number of benzene rings is 1. The maximum atomic E-state index is 11.8. The number of ether oxygens (including phenoxy) is 2. The van der Waals surface area contributed by atoms with Crippen LogP contribution in [0.4, 0.5) is 0 Å². The molecule has 92 valence electrons. The van der Waals surface area contributed by atoms with E-state index >= 15 is 0 Å². The standard InChI is InChI=1S/C14H18O3/c1-11-4-2-5-12(8-11)14(15)10-16-9-13-6-3-7-17-13/h2,4-5,8,13H,3,6-7,9-10H2,1H3. The van der Waals surface area contributed by atoms with Crippen molar-refractivity contribution in [3.8, 4) is 0 Å². The van der Waals surface area contributed by atoms with Crippen LogP contribution < -0.4 is 0 Å². The summed E-state index contributed by atoms with van der Waals surface area (Å²) < 4.78 is 10.8. The Morgan fingerprint density at radius 3 is 3.12 bits per heavy atom. The van der Waals surface area contributed by atoms with Gasteiger partial charge in [-0.3, -0.25) is 4.79 Å². The maximum Gasteiger partial charge on any atom is 0.188 e. The molecule has 0 bridgehead atoms. The summed E-state index contributed by atoms with van der Waals surface area (Å²) in [5.41, 5.74) is 1.81. The van der Waals surface area contributed by atoms with Crippen LogP contribution in [0.2, 0.25) is 0 Å². The molecule has 1 unspecified atom stereocenters. The van der Waals surface area contributed by atoms with Gasteiger partial charge in [0.1, 0.15) is 6.61 Å². The van der Waals surface area contributed by atoms with Crippen molar-refractivity contribution in [2.45, 2.75) is 25.9 Å². The Kier molecular flexibility index (Phi) is 4.29. The number of Topliss-reactive ketones (excluding diaryl/α,β-unsaturated/α-hetero) is 1. The lowest BCUT2D eigenvalue weighted by Gasteiger charge is -2.09. The van der Waals surface area contributed by atoms with E-state index in [9.17, 15) is 4.79 Å². The van der Waals surface area contributed by atoms with E-state index in [2.05, 4.69) is 0 Å². The molecule has 1 aromatic rings. The summed E-state index contributed by atoms with van der Waals surface area (Å²) in [6, 6.07) is 7.58. The Balaban J connectivity index is 1.77. The quantitative estimate of drug-likeness (QED) is 0.734. The van der Waals surface area contributed by atoms with E-state index in [1.807, 2.05) is 31.2 Å². The highest BCUT2D eigenvalue weighted by atomic mass is 16.5. The predicted molar refractivity (Wildman–Crippen MR) is 65.3 cm³/mol. The molecule has 1 fully saturated rings. The molecule has 1 heterocycles. The van der Waals surface area contributed by atoms with Crippen LogP contribution in [0.1, 0.15) is 28.8 Å².